The summed E-state index contributed by atoms with van der Waals surface area (Å²) in [5, 5.41) is 17.1. The number of rotatable bonds is 7. The summed E-state index contributed by atoms with van der Waals surface area (Å²) in [5.74, 6) is -0.176. The van der Waals surface area contributed by atoms with Gasteiger partial charge in [0.05, 0.1) is 4.92 Å². The summed E-state index contributed by atoms with van der Waals surface area (Å²) < 4.78 is 1.37. The molecule has 9 heteroatoms. The van der Waals surface area contributed by atoms with Crippen LogP contribution in [-0.2, 0) is 11.3 Å². The first kappa shape index (κ1) is 18.6. The summed E-state index contributed by atoms with van der Waals surface area (Å²) in [7, 11) is 0. The molecule has 23 heavy (non-hydrogen) atoms. The van der Waals surface area contributed by atoms with E-state index >= 15 is 0 Å². The summed E-state index contributed by atoms with van der Waals surface area (Å²) in [4.78, 5) is 21.7. The van der Waals surface area contributed by atoms with Gasteiger partial charge < -0.3 is 11.1 Å². The number of carbonyl (C=O) groups excluding carboxylic acids is 1. The van der Waals surface area contributed by atoms with E-state index in [0.29, 0.717) is 6.54 Å². The molecule has 0 radical (unpaired) electrons. The maximum atomic E-state index is 11.8. The van der Waals surface area contributed by atoms with Crippen LogP contribution in [0.2, 0.25) is 0 Å². The topological polar surface area (TPSA) is 116 Å². The fourth-order valence-corrected chi connectivity index (χ4v) is 1.92. The van der Waals surface area contributed by atoms with Crippen molar-refractivity contribution in [3.8, 4) is 0 Å². The van der Waals surface area contributed by atoms with Crippen molar-refractivity contribution in [3.63, 3.8) is 0 Å². The molecular weight excluding hydrogens is 322 g/mol. The number of nitrogens with zero attached hydrogens (tertiary/aromatic N) is 3. The Hall–Kier alpha value is -2.45. The molecule has 0 bridgehead atoms. The van der Waals surface area contributed by atoms with E-state index in [2.05, 4.69) is 10.4 Å². The van der Waals surface area contributed by atoms with Crippen LogP contribution in [0.4, 0.5) is 5.69 Å². The average Bonchev–Trinajstić information content (AvgIpc) is 3.00. The molecule has 0 aliphatic rings. The third-order valence-corrected chi connectivity index (χ3v) is 3.15. The second-order valence-corrected chi connectivity index (χ2v) is 4.79. The predicted molar refractivity (Wildman–Crippen MR) is 87.1 cm³/mol. The molecule has 0 saturated heterocycles. The third kappa shape index (κ3) is 5.68. The second-order valence-electron chi connectivity index (χ2n) is 4.79. The van der Waals surface area contributed by atoms with Gasteiger partial charge in [0.1, 0.15) is 12.4 Å². The Morgan fingerprint density at radius 3 is 2.70 bits per heavy atom. The highest BCUT2D eigenvalue weighted by molar-refractivity contribution is 5.85. The fourth-order valence-electron chi connectivity index (χ4n) is 1.92. The number of hydrogen-bond acceptors (Lipinski definition) is 5. The molecule has 1 heterocycles. The van der Waals surface area contributed by atoms with Gasteiger partial charge in [-0.1, -0.05) is 30.3 Å². The Kier molecular flexibility index (Phi) is 7.17. The van der Waals surface area contributed by atoms with Gasteiger partial charge in [-0.05, 0) is 5.56 Å². The van der Waals surface area contributed by atoms with Crippen LogP contribution in [-0.4, -0.2) is 27.2 Å². The van der Waals surface area contributed by atoms with Crippen molar-refractivity contribution in [1.29, 1.82) is 0 Å². The number of benzene rings is 1. The van der Waals surface area contributed by atoms with E-state index < -0.39 is 4.92 Å². The first-order valence-electron chi connectivity index (χ1n) is 6.80. The minimum atomic E-state index is -0.525. The van der Waals surface area contributed by atoms with E-state index in [1.807, 2.05) is 30.3 Å². The Labute approximate surface area is 139 Å². The number of hydrogen-bond donors (Lipinski definition) is 2. The first-order chi connectivity index (χ1) is 10.6. The Morgan fingerprint density at radius 1 is 1.39 bits per heavy atom. The summed E-state index contributed by atoms with van der Waals surface area (Å²) >= 11 is 0. The smallest absolute Gasteiger partial charge is 0.306 e. The number of nitrogens with two attached hydrogens (primary N) is 1. The number of halogens is 1. The van der Waals surface area contributed by atoms with Gasteiger partial charge in [-0.15, -0.1) is 12.4 Å². The molecular formula is C14H18ClN5O3. The molecule has 1 unspecified atom stereocenters. The SMILES string of the molecule is Cl.NC(CNC(=O)CCn1cc([N+](=O)[O-])cn1)c1ccccc1. The number of aromatic nitrogens is 2. The van der Waals surface area contributed by atoms with E-state index in [4.69, 9.17) is 5.73 Å². The molecule has 8 nitrogen and oxygen atoms in total. The summed E-state index contributed by atoms with van der Waals surface area (Å²) in [6.45, 7) is 0.613. The van der Waals surface area contributed by atoms with Gasteiger partial charge >= 0.3 is 5.69 Å². The molecule has 1 amide bonds. The predicted octanol–water partition coefficient (Wildman–Crippen LogP) is 1.42. The van der Waals surface area contributed by atoms with Crippen molar-refractivity contribution in [1.82, 2.24) is 15.1 Å². The average molecular weight is 340 g/mol. The van der Waals surface area contributed by atoms with Crippen LogP contribution in [0, 0.1) is 10.1 Å². The van der Waals surface area contributed by atoms with Crippen LogP contribution >= 0.6 is 12.4 Å². The monoisotopic (exact) mass is 339 g/mol. The van der Waals surface area contributed by atoms with Gasteiger partial charge in [0.2, 0.25) is 5.91 Å². The zero-order valence-corrected chi connectivity index (χ0v) is 13.1. The molecule has 0 fully saturated rings. The molecule has 0 aliphatic carbocycles. The summed E-state index contributed by atoms with van der Waals surface area (Å²) in [6.07, 6.45) is 2.63. The third-order valence-electron chi connectivity index (χ3n) is 3.15. The van der Waals surface area contributed by atoms with Crippen LogP contribution in [0.15, 0.2) is 42.7 Å². The van der Waals surface area contributed by atoms with Crippen molar-refractivity contribution in [3.05, 3.63) is 58.4 Å². The van der Waals surface area contributed by atoms with Gasteiger partial charge in [-0.25, -0.2) is 0 Å². The lowest BCUT2D eigenvalue weighted by Crippen LogP contribution is -2.32. The lowest BCUT2D eigenvalue weighted by molar-refractivity contribution is -0.385. The fraction of sp³-hybridized carbons (Fsp3) is 0.286. The molecule has 0 aliphatic heterocycles. The molecule has 0 spiro atoms. The van der Waals surface area contributed by atoms with Gasteiger partial charge in [0.25, 0.3) is 0 Å². The van der Waals surface area contributed by atoms with Gasteiger partial charge in [0, 0.05) is 25.6 Å². The van der Waals surface area contributed by atoms with Crippen LogP contribution in [0.5, 0.6) is 0 Å². The minimum absolute atomic E-state index is 0. The normalized spacial score (nSPS) is 11.3. The van der Waals surface area contributed by atoms with E-state index in [9.17, 15) is 14.9 Å². The number of amides is 1. The van der Waals surface area contributed by atoms with Crippen LogP contribution in [0.3, 0.4) is 0 Å². The van der Waals surface area contributed by atoms with Gasteiger partial charge in [-0.2, -0.15) is 5.10 Å². The molecule has 1 aromatic carbocycles. The molecule has 1 aromatic heterocycles. The molecule has 124 valence electrons. The van der Waals surface area contributed by atoms with Gasteiger partial charge in [0.15, 0.2) is 0 Å². The summed E-state index contributed by atoms with van der Waals surface area (Å²) in [5.41, 5.74) is 6.84. The van der Waals surface area contributed by atoms with E-state index in [1.54, 1.807) is 0 Å². The maximum absolute atomic E-state index is 11.8. The zero-order valence-electron chi connectivity index (χ0n) is 12.3. The van der Waals surface area contributed by atoms with Crippen molar-refractivity contribution in [2.45, 2.75) is 19.0 Å². The molecule has 2 aromatic rings. The van der Waals surface area contributed by atoms with E-state index in [0.717, 1.165) is 11.8 Å². The lowest BCUT2D eigenvalue weighted by Gasteiger charge is -2.13. The second kappa shape index (κ2) is 8.86. The lowest BCUT2D eigenvalue weighted by atomic mass is 10.1. The summed E-state index contributed by atoms with van der Waals surface area (Å²) in [6, 6.07) is 9.22. The highest BCUT2D eigenvalue weighted by Crippen LogP contribution is 2.09. The Morgan fingerprint density at radius 2 is 2.09 bits per heavy atom. The van der Waals surface area contributed by atoms with E-state index in [-0.39, 0.29) is 43.0 Å². The van der Waals surface area contributed by atoms with Gasteiger partial charge in [-0.3, -0.25) is 19.6 Å². The highest BCUT2D eigenvalue weighted by atomic mass is 35.5. The van der Waals surface area contributed by atoms with Crippen LogP contribution in [0.1, 0.15) is 18.0 Å². The number of nitro groups is 1. The maximum Gasteiger partial charge on any atom is 0.306 e. The number of carbonyl (C=O) groups is 1. The Bertz CT molecular complexity index is 647. The largest absolute Gasteiger partial charge is 0.354 e. The van der Waals surface area contributed by atoms with Crippen LogP contribution < -0.4 is 11.1 Å². The van der Waals surface area contributed by atoms with Crippen molar-refractivity contribution in [2.24, 2.45) is 5.73 Å². The van der Waals surface area contributed by atoms with Crippen molar-refractivity contribution < 1.29 is 9.72 Å². The molecule has 2 rings (SSSR count). The van der Waals surface area contributed by atoms with Crippen molar-refractivity contribution in [2.75, 3.05) is 6.54 Å². The highest BCUT2D eigenvalue weighted by Gasteiger charge is 2.11. The van der Waals surface area contributed by atoms with E-state index in [1.165, 1.54) is 10.9 Å². The Balaban J connectivity index is 0.00000264. The number of aryl methyl sites for hydroxylation is 1. The minimum Gasteiger partial charge on any atom is -0.354 e. The molecule has 0 saturated carbocycles. The zero-order chi connectivity index (χ0) is 15.9. The van der Waals surface area contributed by atoms with Crippen LogP contribution in [0.25, 0.3) is 0 Å². The first-order valence-corrected chi connectivity index (χ1v) is 6.80. The van der Waals surface area contributed by atoms with Crippen molar-refractivity contribution >= 4 is 24.0 Å². The quantitative estimate of drug-likeness (QED) is 0.584. The molecule has 1 atom stereocenters. The molecule has 3 N–H and O–H groups in total. The number of nitrogens with one attached hydrogen (secondary N) is 1. The standard InChI is InChI=1S/C14H17N5O3.ClH/c15-13(11-4-2-1-3-5-11)9-16-14(20)6-7-18-10-12(8-17-18)19(21)22;/h1-5,8,10,13H,6-7,9,15H2,(H,16,20);1H.